The summed E-state index contributed by atoms with van der Waals surface area (Å²) in [5.74, 6) is 1.22. The Hall–Kier alpha value is -2.09. The minimum atomic E-state index is 0.0123. The Morgan fingerprint density at radius 3 is 2.69 bits per heavy atom. The van der Waals surface area contributed by atoms with Crippen molar-refractivity contribution in [3.8, 4) is 5.75 Å². The minimum Gasteiger partial charge on any atom is -0.457 e. The summed E-state index contributed by atoms with van der Waals surface area (Å²) in [4.78, 5) is 11.2. The van der Waals surface area contributed by atoms with E-state index in [9.17, 15) is 4.79 Å². The fourth-order valence-electron chi connectivity index (χ4n) is 1.17. The molecule has 1 aromatic carbocycles. The number of ether oxygens (including phenoxy) is 1. The van der Waals surface area contributed by atoms with Crippen LogP contribution in [0.5, 0.6) is 5.75 Å². The van der Waals surface area contributed by atoms with Crippen LogP contribution < -0.4 is 4.74 Å². The number of benzene rings is 1. The maximum absolute atomic E-state index is 11.2. The lowest BCUT2D eigenvalue weighted by atomic mass is 10.1. The quantitative estimate of drug-likeness (QED) is 0.426. The molecule has 0 radical (unpaired) electrons. The van der Waals surface area contributed by atoms with Crippen LogP contribution in [0.4, 0.5) is 0 Å². The number of carbonyl (C=O) groups excluding carboxylic acids is 1. The SMILES string of the molecule is C=C/C=C(\C=C)Oc1cccc(C(C)=O)c1. The zero-order valence-electron chi connectivity index (χ0n) is 9.27. The van der Waals surface area contributed by atoms with Crippen LogP contribution in [-0.2, 0) is 0 Å². The first-order valence-electron chi connectivity index (χ1n) is 4.91. The molecule has 0 unspecified atom stereocenters. The van der Waals surface area contributed by atoms with E-state index in [1.807, 2.05) is 0 Å². The molecule has 0 heterocycles. The molecule has 0 aliphatic carbocycles. The van der Waals surface area contributed by atoms with Crippen LogP contribution in [0, 0.1) is 0 Å². The Bertz CT molecular complexity index is 442. The van der Waals surface area contributed by atoms with Crippen molar-refractivity contribution in [2.45, 2.75) is 6.92 Å². The molecule has 0 aliphatic rings. The van der Waals surface area contributed by atoms with Gasteiger partial charge in [-0.1, -0.05) is 31.4 Å². The summed E-state index contributed by atoms with van der Waals surface area (Å²) < 4.78 is 5.51. The zero-order valence-corrected chi connectivity index (χ0v) is 9.27. The van der Waals surface area contributed by atoms with E-state index in [1.54, 1.807) is 42.5 Å². The first-order valence-corrected chi connectivity index (χ1v) is 4.91. The molecule has 0 N–H and O–H groups in total. The van der Waals surface area contributed by atoms with Gasteiger partial charge in [0.15, 0.2) is 5.78 Å². The third-order valence-electron chi connectivity index (χ3n) is 1.96. The number of hydrogen-bond donors (Lipinski definition) is 0. The molecule has 0 fully saturated rings. The molecule has 0 saturated carbocycles. The first-order chi connectivity index (χ1) is 7.67. The van der Waals surface area contributed by atoms with Crippen molar-refractivity contribution in [3.63, 3.8) is 0 Å². The Morgan fingerprint density at radius 2 is 2.12 bits per heavy atom. The highest BCUT2D eigenvalue weighted by Crippen LogP contribution is 2.16. The topological polar surface area (TPSA) is 26.3 Å². The molecular formula is C14H14O2. The van der Waals surface area contributed by atoms with Gasteiger partial charge in [-0.25, -0.2) is 0 Å². The summed E-state index contributed by atoms with van der Waals surface area (Å²) in [6, 6.07) is 7.01. The summed E-state index contributed by atoms with van der Waals surface area (Å²) in [6.07, 6.45) is 4.90. The summed E-state index contributed by atoms with van der Waals surface area (Å²) in [7, 11) is 0. The number of Topliss-reactive ketones (excluding diaryl/α,β-unsaturated/α-hetero) is 1. The van der Waals surface area contributed by atoms with Gasteiger partial charge in [0.25, 0.3) is 0 Å². The number of allylic oxidation sites excluding steroid dienone is 3. The molecule has 0 saturated heterocycles. The highest BCUT2D eigenvalue weighted by molar-refractivity contribution is 5.94. The molecule has 0 bridgehead atoms. The first kappa shape index (κ1) is 12.0. The predicted molar refractivity (Wildman–Crippen MR) is 65.6 cm³/mol. The van der Waals surface area contributed by atoms with Gasteiger partial charge in [-0.2, -0.15) is 0 Å². The molecule has 82 valence electrons. The fourth-order valence-corrected chi connectivity index (χ4v) is 1.17. The minimum absolute atomic E-state index is 0.0123. The fraction of sp³-hybridized carbons (Fsp3) is 0.0714. The van der Waals surface area contributed by atoms with Crippen LogP contribution in [0.2, 0.25) is 0 Å². The van der Waals surface area contributed by atoms with Gasteiger partial charge in [0.05, 0.1) is 0 Å². The standard InChI is InChI=1S/C14H14O2/c1-4-7-13(5-2)16-14-9-6-8-12(10-14)11(3)15/h4-10H,1-2H2,3H3/b13-7+. The summed E-state index contributed by atoms with van der Waals surface area (Å²) in [6.45, 7) is 8.72. The number of ketones is 1. The van der Waals surface area contributed by atoms with Crippen molar-refractivity contribution in [3.05, 3.63) is 67.0 Å². The van der Waals surface area contributed by atoms with Gasteiger partial charge in [-0.15, -0.1) is 0 Å². The maximum Gasteiger partial charge on any atom is 0.159 e. The van der Waals surface area contributed by atoms with E-state index in [2.05, 4.69) is 13.2 Å². The molecule has 0 amide bonds. The van der Waals surface area contributed by atoms with Crippen molar-refractivity contribution >= 4 is 5.78 Å². The molecule has 1 rings (SSSR count). The van der Waals surface area contributed by atoms with Gasteiger partial charge in [0.1, 0.15) is 11.5 Å². The van der Waals surface area contributed by atoms with Crippen molar-refractivity contribution in [2.75, 3.05) is 0 Å². The molecule has 2 nitrogen and oxygen atoms in total. The average molecular weight is 214 g/mol. The lowest BCUT2D eigenvalue weighted by Gasteiger charge is -2.06. The molecule has 0 spiro atoms. The van der Waals surface area contributed by atoms with Crippen molar-refractivity contribution < 1.29 is 9.53 Å². The largest absolute Gasteiger partial charge is 0.457 e. The number of carbonyl (C=O) groups is 1. The zero-order chi connectivity index (χ0) is 12.0. The third kappa shape index (κ3) is 3.24. The molecule has 0 aliphatic heterocycles. The van der Waals surface area contributed by atoms with Gasteiger partial charge >= 0.3 is 0 Å². The van der Waals surface area contributed by atoms with Gasteiger partial charge in [0.2, 0.25) is 0 Å². The van der Waals surface area contributed by atoms with Crippen LogP contribution in [0.15, 0.2) is 61.4 Å². The van der Waals surface area contributed by atoms with E-state index in [0.717, 1.165) is 0 Å². The number of rotatable bonds is 5. The van der Waals surface area contributed by atoms with Crippen LogP contribution in [0.25, 0.3) is 0 Å². The molecule has 0 aromatic heterocycles. The van der Waals surface area contributed by atoms with Crippen LogP contribution in [-0.4, -0.2) is 5.78 Å². The van der Waals surface area contributed by atoms with Crippen molar-refractivity contribution in [2.24, 2.45) is 0 Å². The number of hydrogen-bond acceptors (Lipinski definition) is 2. The van der Waals surface area contributed by atoms with E-state index in [1.165, 1.54) is 6.92 Å². The van der Waals surface area contributed by atoms with E-state index >= 15 is 0 Å². The van der Waals surface area contributed by atoms with E-state index < -0.39 is 0 Å². The highest BCUT2D eigenvalue weighted by Gasteiger charge is 2.01. The Morgan fingerprint density at radius 1 is 1.38 bits per heavy atom. The monoisotopic (exact) mass is 214 g/mol. The van der Waals surface area contributed by atoms with Crippen molar-refractivity contribution in [1.82, 2.24) is 0 Å². The predicted octanol–water partition coefficient (Wildman–Crippen LogP) is 3.52. The highest BCUT2D eigenvalue weighted by atomic mass is 16.5. The summed E-state index contributed by atoms with van der Waals surface area (Å²) in [5, 5.41) is 0. The second-order valence-corrected chi connectivity index (χ2v) is 3.19. The van der Waals surface area contributed by atoms with Gasteiger partial charge in [-0.05, 0) is 31.2 Å². The smallest absolute Gasteiger partial charge is 0.159 e. The van der Waals surface area contributed by atoms with Gasteiger partial charge in [0, 0.05) is 5.56 Å². The summed E-state index contributed by atoms with van der Waals surface area (Å²) >= 11 is 0. The molecule has 0 atom stereocenters. The molecule has 1 aromatic rings. The Balaban J connectivity index is 2.92. The maximum atomic E-state index is 11.2. The van der Waals surface area contributed by atoms with E-state index in [4.69, 9.17) is 4.74 Å². The molecule has 16 heavy (non-hydrogen) atoms. The van der Waals surface area contributed by atoms with Crippen LogP contribution in [0.3, 0.4) is 0 Å². The van der Waals surface area contributed by atoms with Gasteiger partial charge < -0.3 is 4.74 Å². The van der Waals surface area contributed by atoms with Crippen LogP contribution >= 0.6 is 0 Å². The Kier molecular flexibility index (Phi) is 4.28. The van der Waals surface area contributed by atoms with Crippen LogP contribution in [0.1, 0.15) is 17.3 Å². The lowest BCUT2D eigenvalue weighted by molar-refractivity contribution is 0.101. The second kappa shape index (κ2) is 5.71. The second-order valence-electron chi connectivity index (χ2n) is 3.19. The molecule has 2 heteroatoms. The normalized spacial score (nSPS) is 10.7. The lowest BCUT2D eigenvalue weighted by Crippen LogP contribution is -1.95. The van der Waals surface area contributed by atoms with Gasteiger partial charge in [-0.3, -0.25) is 4.79 Å². The third-order valence-corrected chi connectivity index (χ3v) is 1.96. The molecular weight excluding hydrogens is 200 g/mol. The van der Waals surface area contributed by atoms with E-state index in [-0.39, 0.29) is 5.78 Å². The Labute approximate surface area is 95.6 Å². The average Bonchev–Trinajstić information content (AvgIpc) is 2.29. The summed E-state index contributed by atoms with van der Waals surface area (Å²) in [5.41, 5.74) is 0.625. The van der Waals surface area contributed by atoms with Crippen molar-refractivity contribution in [1.29, 1.82) is 0 Å². The van der Waals surface area contributed by atoms with E-state index in [0.29, 0.717) is 17.1 Å².